The predicted molar refractivity (Wildman–Crippen MR) is 150 cm³/mol. The molecule has 2 N–H and O–H groups in total. The smallest absolute Gasteiger partial charge is 0.305 e. The number of carbonyl (C=O) groups excluding carboxylic acids is 1. The number of methoxy groups -OCH3 is 1. The summed E-state index contributed by atoms with van der Waals surface area (Å²) in [6, 6.07) is 1.29. The van der Waals surface area contributed by atoms with Crippen molar-refractivity contribution >= 4 is 5.97 Å². The molecule has 4 fully saturated rings. The highest BCUT2D eigenvalue weighted by Crippen LogP contribution is 2.69. The molecule has 0 bridgehead atoms. The molecule has 4 heteroatoms. The van der Waals surface area contributed by atoms with Crippen LogP contribution >= 0.6 is 0 Å². The van der Waals surface area contributed by atoms with Crippen molar-refractivity contribution in [3.63, 3.8) is 0 Å². The second-order valence-corrected chi connectivity index (χ2v) is 14.3. The monoisotopic (exact) mass is 502 g/mol. The molecular weight excluding hydrogens is 444 g/mol. The summed E-state index contributed by atoms with van der Waals surface area (Å²) in [6.45, 7) is 16.9. The highest BCUT2D eigenvalue weighted by Gasteiger charge is 2.62. The van der Waals surface area contributed by atoms with Crippen LogP contribution in [0.3, 0.4) is 0 Å². The molecule has 0 amide bonds. The van der Waals surface area contributed by atoms with Gasteiger partial charge in [0.05, 0.1) is 7.11 Å². The van der Waals surface area contributed by atoms with Crippen molar-refractivity contribution in [1.82, 2.24) is 10.6 Å². The van der Waals surface area contributed by atoms with Crippen LogP contribution < -0.4 is 10.6 Å². The van der Waals surface area contributed by atoms with Crippen LogP contribution in [0.15, 0.2) is 0 Å². The van der Waals surface area contributed by atoms with E-state index in [4.69, 9.17) is 4.74 Å². The molecule has 0 aromatic rings. The first-order chi connectivity index (χ1) is 17.1. The molecule has 10 atom stereocenters. The van der Waals surface area contributed by atoms with Gasteiger partial charge in [-0.2, -0.15) is 0 Å². The standard InChI is InChI=1S/C32H58N2O2/c1-8-23-19-24-20-25(34-18-17-33-21(2)3)13-15-31(24,5)28-14-16-32(6)26(10-11-27(32)30(23)28)22(4)9-12-29(35)36-7/h21-28,30,33-34H,8-20H2,1-7H3/t22-,23-,24+,25?,26?,27?,28?,30?,31+,32-/m1/s1. The van der Waals surface area contributed by atoms with Gasteiger partial charge in [-0.25, -0.2) is 0 Å². The summed E-state index contributed by atoms with van der Waals surface area (Å²) < 4.78 is 4.95. The van der Waals surface area contributed by atoms with Gasteiger partial charge in [-0.3, -0.25) is 4.79 Å². The topological polar surface area (TPSA) is 50.4 Å². The molecule has 36 heavy (non-hydrogen) atoms. The average Bonchev–Trinajstić information content (AvgIpc) is 3.21. The van der Waals surface area contributed by atoms with Crippen molar-refractivity contribution < 1.29 is 9.53 Å². The first-order valence-electron chi connectivity index (χ1n) is 15.7. The molecule has 4 rings (SSSR count). The van der Waals surface area contributed by atoms with Crippen molar-refractivity contribution in [2.24, 2.45) is 52.3 Å². The number of rotatable bonds is 10. The lowest BCUT2D eigenvalue weighted by Crippen LogP contribution is -2.58. The zero-order valence-corrected chi connectivity index (χ0v) is 24.7. The van der Waals surface area contributed by atoms with Gasteiger partial charge in [-0.15, -0.1) is 0 Å². The number of hydrogen-bond acceptors (Lipinski definition) is 4. The molecule has 0 saturated heterocycles. The van der Waals surface area contributed by atoms with Crippen molar-refractivity contribution in [1.29, 1.82) is 0 Å². The van der Waals surface area contributed by atoms with Crippen LogP contribution in [-0.2, 0) is 9.53 Å². The van der Waals surface area contributed by atoms with Crippen LogP contribution in [0.4, 0.5) is 0 Å². The van der Waals surface area contributed by atoms with Crippen LogP contribution in [0.1, 0.15) is 112 Å². The fourth-order valence-electron chi connectivity index (χ4n) is 10.3. The van der Waals surface area contributed by atoms with E-state index in [1.54, 1.807) is 0 Å². The van der Waals surface area contributed by atoms with E-state index in [9.17, 15) is 4.79 Å². The minimum absolute atomic E-state index is 0.0381. The lowest BCUT2D eigenvalue weighted by molar-refractivity contribution is -0.146. The molecule has 0 spiro atoms. The molecule has 208 valence electrons. The number of carbonyl (C=O) groups is 1. The Morgan fingerprint density at radius 2 is 1.69 bits per heavy atom. The molecule has 0 aromatic carbocycles. The number of esters is 1. The van der Waals surface area contributed by atoms with Crippen LogP contribution in [0, 0.1) is 52.3 Å². The van der Waals surface area contributed by atoms with E-state index in [2.05, 4.69) is 52.2 Å². The molecule has 4 aliphatic rings. The van der Waals surface area contributed by atoms with Gasteiger partial charge in [0.1, 0.15) is 0 Å². The first-order valence-corrected chi connectivity index (χ1v) is 15.7. The third-order valence-corrected chi connectivity index (χ3v) is 12.3. The van der Waals surface area contributed by atoms with Gasteiger partial charge < -0.3 is 15.4 Å². The molecule has 0 aliphatic heterocycles. The van der Waals surface area contributed by atoms with Gasteiger partial charge in [0.2, 0.25) is 0 Å². The van der Waals surface area contributed by atoms with Crippen molar-refractivity contribution in [3.8, 4) is 0 Å². The Morgan fingerprint density at radius 3 is 2.39 bits per heavy atom. The number of nitrogens with one attached hydrogen (secondary N) is 2. The van der Waals surface area contributed by atoms with Crippen molar-refractivity contribution in [2.45, 2.75) is 124 Å². The minimum atomic E-state index is -0.0381. The fourth-order valence-corrected chi connectivity index (χ4v) is 10.3. The van der Waals surface area contributed by atoms with Gasteiger partial charge in [0.25, 0.3) is 0 Å². The highest BCUT2D eigenvalue weighted by molar-refractivity contribution is 5.69. The quantitative estimate of drug-likeness (QED) is 0.254. The Morgan fingerprint density at radius 1 is 0.972 bits per heavy atom. The summed E-state index contributed by atoms with van der Waals surface area (Å²) in [6.07, 6.45) is 14.2. The summed E-state index contributed by atoms with van der Waals surface area (Å²) in [5.41, 5.74) is 1.01. The van der Waals surface area contributed by atoms with E-state index in [0.717, 1.165) is 55.0 Å². The summed E-state index contributed by atoms with van der Waals surface area (Å²) in [4.78, 5) is 11.8. The summed E-state index contributed by atoms with van der Waals surface area (Å²) >= 11 is 0. The molecule has 0 aromatic heterocycles. The second-order valence-electron chi connectivity index (χ2n) is 14.3. The van der Waals surface area contributed by atoms with E-state index < -0.39 is 0 Å². The normalized spacial score (nSPS) is 42.9. The first kappa shape index (κ1) is 28.4. The number of ether oxygens (including phenoxy) is 1. The van der Waals surface area contributed by atoms with Gasteiger partial charge in [0.15, 0.2) is 0 Å². The number of hydrogen-bond donors (Lipinski definition) is 2. The summed E-state index contributed by atoms with van der Waals surface area (Å²) in [5, 5.41) is 7.49. The Bertz CT molecular complexity index is 740. The summed E-state index contributed by atoms with van der Waals surface area (Å²) in [5.74, 6) is 5.90. The SMILES string of the molecule is CC[C@@H]1C[C@H]2CC(NCCNC(C)C)CC[C@]2(C)C2CC[C@@]3(C)C(CCC3[C@H](C)CCC(=O)OC)C21. The van der Waals surface area contributed by atoms with Gasteiger partial charge in [-0.1, -0.05) is 48.0 Å². The third-order valence-electron chi connectivity index (χ3n) is 12.3. The second kappa shape index (κ2) is 11.6. The predicted octanol–water partition coefficient (Wildman–Crippen LogP) is 6.83. The van der Waals surface area contributed by atoms with Crippen LogP contribution in [0.25, 0.3) is 0 Å². The molecular formula is C32H58N2O2. The molecule has 5 unspecified atom stereocenters. The fraction of sp³-hybridized carbons (Fsp3) is 0.969. The zero-order valence-electron chi connectivity index (χ0n) is 24.7. The average molecular weight is 503 g/mol. The van der Waals surface area contributed by atoms with E-state index in [-0.39, 0.29) is 5.97 Å². The molecule has 4 aliphatic carbocycles. The van der Waals surface area contributed by atoms with E-state index >= 15 is 0 Å². The molecule has 0 heterocycles. The Kier molecular flexibility index (Phi) is 9.18. The van der Waals surface area contributed by atoms with Gasteiger partial charge in [0, 0.05) is 31.6 Å². The van der Waals surface area contributed by atoms with E-state index in [1.165, 1.54) is 64.9 Å². The van der Waals surface area contributed by atoms with Gasteiger partial charge in [-0.05, 0) is 110 Å². The van der Waals surface area contributed by atoms with Crippen molar-refractivity contribution in [2.75, 3.05) is 20.2 Å². The molecule has 4 saturated carbocycles. The van der Waals surface area contributed by atoms with Crippen molar-refractivity contribution in [3.05, 3.63) is 0 Å². The van der Waals surface area contributed by atoms with Crippen LogP contribution in [0.2, 0.25) is 0 Å². The van der Waals surface area contributed by atoms with E-state index in [0.29, 0.717) is 35.3 Å². The van der Waals surface area contributed by atoms with E-state index in [1.807, 2.05) is 0 Å². The zero-order chi connectivity index (χ0) is 26.1. The Hall–Kier alpha value is -0.610. The largest absolute Gasteiger partial charge is 0.469 e. The summed E-state index contributed by atoms with van der Waals surface area (Å²) in [7, 11) is 1.52. The van der Waals surface area contributed by atoms with Gasteiger partial charge >= 0.3 is 5.97 Å². The Labute approximate surface area is 222 Å². The molecule has 0 radical (unpaired) electrons. The van der Waals surface area contributed by atoms with Crippen LogP contribution in [-0.4, -0.2) is 38.3 Å². The Balaban J connectivity index is 1.44. The maximum absolute atomic E-state index is 11.8. The maximum atomic E-state index is 11.8. The lowest BCUT2D eigenvalue weighted by atomic mass is 9.42. The lowest BCUT2D eigenvalue weighted by Gasteiger charge is -2.64. The highest BCUT2D eigenvalue weighted by atomic mass is 16.5. The maximum Gasteiger partial charge on any atom is 0.305 e. The van der Waals surface area contributed by atoms with Crippen LogP contribution in [0.5, 0.6) is 0 Å². The minimum Gasteiger partial charge on any atom is -0.469 e. The number of fused-ring (bicyclic) bond motifs is 5. The third kappa shape index (κ3) is 5.42. The molecule has 4 nitrogen and oxygen atoms in total.